The van der Waals surface area contributed by atoms with Crippen LogP contribution in [0.15, 0.2) is 24.3 Å². The molecule has 0 radical (unpaired) electrons. The summed E-state index contributed by atoms with van der Waals surface area (Å²) in [5, 5.41) is 2.65. The van der Waals surface area contributed by atoms with Gasteiger partial charge in [0.2, 0.25) is 0 Å². The van der Waals surface area contributed by atoms with Crippen LogP contribution >= 0.6 is 15.9 Å². The molecule has 0 heterocycles. The number of carbonyl (C=O) groups is 1. The Labute approximate surface area is 96.9 Å². The van der Waals surface area contributed by atoms with Crippen LogP contribution in [-0.4, -0.2) is 13.0 Å². The van der Waals surface area contributed by atoms with Crippen LogP contribution in [0.2, 0.25) is 0 Å². The minimum Gasteiger partial charge on any atom is -0.497 e. The van der Waals surface area contributed by atoms with E-state index in [1.165, 1.54) is 0 Å². The van der Waals surface area contributed by atoms with Crippen molar-refractivity contribution in [1.82, 2.24) is 5.32 Å². The molecular formula is C11H10BrNO2. The zero-order valence-corrected chi connectivity index (χ0v) is 9.80. The Bertz CT molecular complexity index is 407. The number of nitrogens with one attached hydrogen (secondary N) is 1. The molecule has 0 unspecified atom stereocenters. The molecule has 0 saturated carbocycles. The van der Waals surface area contributed by atoms with Gasteiger partial charge in [0.15, 0.2) is 0 Å². The largest absolute Gasteiger partial charge is 0.497 e. The summed E-state index contributed by atoms with van der Waals surface area (Å²) in [4.78, 5) is 13.4. The van der Waals surface area contributed by atoms with Crippen LogP contribution in [0.5, 0.6) is 5.75 Å². The number of carbonyl (C=O) groups excluding carboxylic acids is 1. The average Bonchev–Trinajstić information content (AvgIpc) is 2.27. The van der Waals surface area contributed by atoms with Gasteiger partial charge in [0.1, 0.15) is 5.75 Å². The maximum atomic E-state index is 11.0. The third-order valence-corrected chi connectivity index (χ3v) is 1.95. The van der Waals surface area contributed by atoms with Gasteiger partial charge in [-0.05, 0) is 22.5 Å². The Morgan fingerprint density at radius 2 is 2.40 bits per heavy atom. The summed E-state index contributed by atoms with van der Waals surface area (Å²) in [5.41, 5.74) is 0.971. The van der Waals surface area contributed by atoms with Crippen LogP contribution in [0.1, 0.15) is 5.56 Å². The molecule has 1 rings (SSSR count). The normalized spacial score (nSPS) is 8.67. The minimum atomic E-state index is -0.310. The van der Waals surface area contributed by atoms with E-state index in [0.717, 1.165) is 11.3 Å². The van der Waals surface area contributed by atoms with Crippen molar-refractivity contribution in [2.45, 2.75) is 6.54 Å². The second-order valence-corrected chi connectivity index (χ2v) is 3.15. The molecule has 0 aliphatic rings. The Kier molecular flexibility index (Phi) is 4.72. The van der Waals surface area contributed by atoms with Crippen LogP contribution in [0, 0.1) is 10.8 Å². The monoisotopic (exact) mass is 267 g/mol. The summed E-state index contributed by atoms with van der Waals surface area (Å²) in [6, 6.07) is 7.49. The molecule has 1 N–H and O–H groups in total. The number of ether oxygens (including phenoxy) is 1. The first-order valence-corrected chi connectivity index (χ1v) is 5.08. The molecule has 1 aromatic rings. The Morgan fingerprint density at radius 3 is 3.07 bits per heavy atom. The van der Waals surface area contributed by atoms with Crippen LogP contribution in [0.3, 0.4) is 0 Å². The van der Waals surface area contributed by atoms with Gasteiger partial charge >= 0.3 is 0 Å². The lowest BCUT2D eigenvalue weighted by Gasteiger charge is -2.04. The first-order valence-electron chi connectivity index (χ1n) is 4.28. The summed E-state index contributed by atoms with van der Waals surface area (Å²) in [7, 11) is 1.61. The molecule has 3 nitrogen and oxygen atoms in total. The van der Waals surface area contributed by atoms with Gasteiger partial charge in [-0.25, -0.2) is 0 Å². The van der Waals surface area contributed by atoms with Gasteiger partial charge in [0.05, 0.1) is 7.11 Å². The fourth-order valence-electron chi connectivity index (χ4n) is 1.05. The van der Waals surface area contributed by atoms with Crippen molar-refractivity contribution in [2.75, 3.05) is 7.11 Å². The molecule has 0 aromatic heterocycles. The number of methoxy groups -OCH3 is 1. The van der Waals surface area contributed by atoms with Crippen LogP contribution in [0.25, 0.3) is 0 Å². The average molecular weight is 268 g/mol. The van der Waals surface area contributed by atoms with Gasteiger partial charge in [-0.15, -0.1) is 0 Å². The number of hydrogen-bond donors (Lipinski definition) is 1. The number of halogens is 1. The van der Waals surface area contributed by atoms with Gasteiger partial charge < -0.3 is 10.1 Å². The number of hydrogen-bond acceptors (Lipinski definition) is 2. The Hall–Kier alpha value is -1.47. The summed E-state index contributed by atoms with van der Waals surface area (Å²) < 4.78 is 5.06. The van der Waals surface area contributed by atoms with Gasteiger partial charge in [0, 0.05) is 28.4 Å². The van der Waals surface area contributed by atoms with E-state index in [0.29, 0.717) is 6.54 Å². The van der Waals surface area contributed by atoms with E-state index in [2.05, 4.69) is 32.0 Å². The van der Waals surface area contributed by atoms with Crippen LogP contribution < -0.4 is 10.1 Å². The maximum Gasteiger partial charge on any atom is 0.297 e. The molecule has 4 heteroatoms. The third-order valence-electron chi connectivity index (χ3n) is 1.75. The standard InChI is InChI=1S/C11H10BrNO2/c1-15-10-4-2-3-9(7-10)8-13-11(14)5-6-12/h2-4,7H,8H2,1H3,(H,13,14). The fourth-order valence-corrected chi connectivity index (χ4v) is 1.23. The van der Waals surface area contributed by atoms with Crippen molar-refractivity contribution in [2.24, 2.45) is 0 Å². The second-order valence-electron chi connectivity index (χ2n) is 2.75. The van der Waals surface area contributed by atoms with Gasteiger partial charge in [-0.1, -0.05) is 12.1 Å². The van der Waals surface area contributed by atoms with E-state index in [9.17, 15) is 4.79 Å². The van der Waals surface area contributed by atoms with E-state index in [1.54, 1.807) is 7.11 Å². The van der Waals surface area contributed by atoms with E-state index in [-0.39, 0.29) is 5.91 Å². The summed E-state index contributed by atoms with van der Waals surface area (Å²) in [6.45, 7) is 0.442. The highest BCUT2D eigenvalue weighted by molar-refractivity contribution is 9.12. The summed E-state index contributed by atoms with van der Waals surface area (Å²) >= 11 is 2.86. The molecule has 15 heavy (non-hydrogen) atoms. The van der Waals surface area contributed by atoms with Crippen molar-refractivity contribution >= 4 is 21.8 Å². The summed E-state index contributed by atoms with van der Waals surface area (Å²) in [5.74, 6) is 2.79. The predicted molar refractivity (Wildman–Crippen MR) is 61.5 cm³/mol. The SMILES string of the molecule is COc1cccc(CNC(=O)C#CBr)c1. The van der Waals surface area contributed by atoms with Crippen LogP contribution in [-0.2, 0) is 11.3 Å². The molecule has 0 aliphatic carbocycles. The van der Waals surface area contributed by atoms with Gasteiger partial charge in [0.25, 0.3) is 5.91 Å². The van der Waals surface area contributed by atoms with Crippen molar-refractivity contribution in [3.05, 3.63) is 29.8 Å². The first kappa shape index (κ1) is 11.6. The number of rotatable bonds is 3. The smallest absolute Gasteiger partial charge is 0.297 e. The van der Waals surface area contributed by atoms with E-state index in [4.69, 9.17) is 4.74 Å². The summed E-state index contributed by atoms with van der Waals surface area (Å²) in [6.07, 6.45) is 0. The highest BCUT2D eigenvalue weighted by atomic mass is 79.9. The van der Waals surface area contributed by atoms with E-state index >= 15 is 0 Å². The van der Waals surface area contributed by atoms with E-state index < -0.39 is 0 Å². The van der Waals surface area contributed by atoms with Crippen molar-refractivity contribution < 1.29 is 9.53 Å². The molecular weight excluding hydrogens is 258 g/mol. The lowest BCUT2D eigenvalue weighted by atomic mass is 10.2. The molecule has 0 saturated heterocycles. The number of amides is 1. The molecule has 0 spiro atoms. The molecule has 78 valence electrons. The fraction of sp³-hybridized carbons (Fsp3) is 0.182. The molecule has 0 fully saturated rings. The maximum absolute atomic E-state index is 11.0. The topological polar surface area (TPSA) is 38.3 Å². The molecule has 0 aliphatic heterocycles. The quantitative estimate of drug-likeness (QED) is 0.847. The second kappa shape index (κ2) is 6.10. The van der Waals surface area contributed by atoms with Gasteiger partial charge in [-0.3, -0.25) is 4.79 Å². The van der Waals surface area contributed by atoms with E-state index in [1.807, 2.05) is 24.3 Å². The third kappa shape index (κ3) is 4.05. The van der Waals surface area contributed by atoms with Crippen molar-refractivity contribution in [1.29, 1.82) is 0 Å². The lowest BCUT2D eigenvalue weighted by Crippen LogP contribution is -2.20. The number of benzene rings is 1. The molecule has 0 bridgehead atoms. The molecule has 0 atom stereocenters. The van der Waals surface area contributed by atoms with Crippen LogP contribution in [0.4, 0.5) is 0 Å². The highest BCUT2D eigenvalue weighted by Crippen LogP contribution is 2.11. The zero-order chi connectivity index (χ0) is 11.1. The lowest BCUT2D eigenvalue weighted by molar-refractivity contribution is -0.115. The Morgan fingerprint density at radius 1 is 1.60 bits per heavy atom. The van der Waals surface area contributed by atoms with Crippen molar-refractivity contribution in [3.63, 3.8) is 0 Å². The Balaban J connectivity index is 2.56. The minimum absolute atomic E-state index is 0.310. The molecule has 1 aromatic carbocycles. The first-order chi connectivity index (χ1) is 7.26. The predicted octanol–water partition coefficient (Wildman–Crippen LogP) is 1.67. The van der Waals surface area contributed by atoms with Gasteiger partial charge in [-0.2, -0.15) is 0 Å². The highest BCUT2D eigenvalue weighted by Gasteiger charge is 1.98. The van der Waals surface area contributed by atoms with Crippen molar-refractivity contribution in [3.8, 4) is 16.5 Å². The molecule has 1 amide bonds. The zero-order valence-electron chi connectivity index (χ0n) is 8.21.